The third kappa shape index (κ3) is 4.75. The molecule has 0 spiro atoms. The first-order chi connectivity index (χ1) is 6.15. The second-order valence-corrected chi connectivity index (χ2v) is 3.11. The topological polar surface area (TPSA) is 26.3 Å². The van der Waals surface area contributed by atoms with Gasteiger partial charge in [0.15, 0.2) is 6.29 Å². The van der Waals surface area contributed by atoms with Crippen molar-refractivity contribution in [1.82, 2.24) is 0 Å². The van der Waals surface area contributed by atoms with Crippen LogP contribution in [-0.4, -0.2) is 20.5 Å². The molecular weight excluding hydrogens is 239 g/mol. The molecule has 0 unspecified atom stereocenters. The van der Waals surface area contributed by atoms with Crippen LogP contribution >= 0.6 is 15.9 Å². The molecule has 1 aromatic carbocycles. The third-order valence-electron chi connectivity index (χ3n) is 1.09. The van der Waals surface area contributed by atoms with Gasteiger partial charge in [-0.25, -0.2) is 4.39 Å². The van der Waals surface area contributed by atoms with Crippen molar-refractivity contribution in [3.8, 4) is 0 Å². The summed E-state index contributed by atoms with van der Waals surface area (Å²) < 4.78 is 17.5. The van der Waals surface area contributed by atoms with Gasteiger partial charge in [-0.05, 0) is 18.2 Å². The second-order valence-electron chi connectivity index (χ2n) is 2.19. The van der Waals surface area contributed by atoms with E-state index >= 15 is 0 Å². The van der Waals surface area contributed by atoms with Crippen LogP contribution in [0.15, 0.2) is 22.7 Å². The van der Waals surface area contributed by atoms with Crippen LogP contribution in [-0.2, 0) is 4.74 Å². The zero-order chi connectivity index (χ0) is 10.3. The number of hydrogen-bond acceptors (Lipinski definition) is 2. The van der Waals surface area contributed by atoms with E-state index in [9.17, 15) is 9.18 Å². The molecule has 13 heavy (non-hydrogen) atoms. The Labute approximate surface area is 84.8 Å². The van der Waals surface area contributed by atoms with Gasteiger partial charge in [-0.2, -0.15) is 0 Å². The molecule has 0 amide bonds. The first-order valence-corrected chi connectivity index (χ1v) is 4.25. The number of methoxy groups -OCH3 is 1. The summed E-state index contributed by atoms with van der Waals surface area (Å²) in [7, 11) is 3.25. The molecule has 1 aromatic rings. The summed E-state index contributed by atoms with van der Waals surface area (Å²) in [4.78, 5) is 10.1. The van der Waals surface area contributed by atoms with Gasteiger partial charge in [0.2, 0.25) is 0 Å². The molecule has 1 rings (SSSR count). The van der Waals surface area contributed by atoms with Gasteiger partial charge in [-0.3, -0.25) is 4.79 Å². The number of rotatable bonds is 1. The normalized spacial score (nSPS) is 8.62. The monoisotopic (exact) mass is 248 g/mol. The van der Waals surface area contributed by atoms with Gasteiger partial charge < -0.3 is 4.74 Å². The molecule has 0 N–H and O–H groups in total. The average Bonchev–Trinajstić information content (AvgIpc) is 2.06. The summed E-state index contributed by atoms with van der Waals surface area (Å²) >= 11 is 3.07. The van der Waals surface area contributed by atoms with E-state index in [1.165, 1.54) is 12.1 Å². The minimum absolute atomic E-state index is 0.0863. The number of hydrogen-bond donors (Lipinski definition) is 0. The fourth-order valence-electron chi connectivity index (χ4n) is 0.597. The fraction of sp³-hybridized carbons (Fsp3) is 0.222. The summed E-state index contributed by atoms with van der Waals surface area (Å²) in [5.74, 6) is -0.496. The van der Waals surface area contributed by atoms with Gasteiger partial charge in [0, 0.05) is 18.7 Å². The average molecular weight is 249 g/mol. The van der Waals surface area contributed by atoms with Crippen molar-refractivity contribution >= 4 is 22.2 Å². The van der Waals surface area contributed by atoms with E-state index < -0.39 is 5.82 Å². The third-order valence-corrected chi connectivity index (χ3v) is 1.58. The van der Waals surface area contributed by atoms with Gasteiger partial charge in [-0.15, -0.1) is 0 Å². The zero-order valence-corrected chi connectivity index (χ0v) is 8.97. The predicted molar refractivity (Wildman–Crippen MR) is 52.4 cm³/mol. The maximum Gasteiger partial charge on any atom is 0.152 e. The van der Waals surface area contributed by atoms with Crippen molar-refractivity contribution in [2.45, 2.75) is 0 Å². The summed E-state index contributed by atoms with van der Waals surface area (Å²) in [6, 6.07) is 4.29. The Kier molecular flexibility index (Phi) is 6.36. The first-order valence-electron chi connectivity index (χ1n) is 3.46. The van der Waals surface area contributed by atoms with E-state index in [0.717, 1.165) is 0 Å². The fourth-order valence-corrected chi connectivity index (χ4v) is 0.930. The number of carbonyl (C=O) groups is 1. The van der Waals surface area contributed by atoms with Crippen LogP contribution in [0.4, 0.5) is 4.39 Å². The molecule has 2 nitrogen and oxygen atoms in total. The Morgan fingerprint density at radius 2 is 2.00 bits per heavy atom. The maximum absolute atomic E-state index is 12.6. The minimum atomic E-state index is -0.496. The number of benzene rings is 1. The van der Waals surface area contributed by atoms with Gasteiger partial charge in [0.05, 0.1) is 5.56 Å². The lowest BCUT2D eigenvalue weighted by Crippen LogP contribution is -1.85. The standard InChI is InChI=1S/C7H4BrFO.C2H6O/c8-6-2-1-5(4-10)7(9)3-6;1-3-2/h1-4H;1-2H3. The Bertz CT molecular complexity index is 276. The molecule has 0 fully saturated rings. The highest BCUT2D eigenvalue weighted by Crippen LogP contribution is 2.13. The molecule has 4 heteroatoms. The van der Waals surface area contributed by atoms with Crippen molar-refractivity contribution in [2.24, 2.45) is 0 Å². The largest absolute Gasteiger partial charge is 0.388 e. The molecule has 0 aliphatic rings. The maximum atomic E-state index is 12.6. The molecule has 0 atom stereocenters. The molecule has 0 bridgehead atoms. The van der Waals surface area contributed by atoms with E-state index in [-0.39, 0.29) is 5.56 Å². The lowest BCUT2D eigenvalue weighted by molar-refractivity contribution is 0.112. The number of halogens is 2. The second kappa shape index (κ2) is 6.74. The molecule has 0 radical (unpaired) electrons. The van der Waals surface area contributed by atoms with E-state index in [1.807, 2.05) is 0 Å². The van der Waals surface area contributed by atoms with Crippen LogP contribution in [0.3, 0.4) is 0 Å². The highest BCUT2D eigenvalue weighted by molar-refractivity contribution is 9.10. The van der Waals surface area contributed by atoms with Crippen molar-refractivity contribution in [3.63, 3.8) is 0 Å². The van der Waals surface area contributed by atoms with Crippen LogP contribution in [0.1, 0.15) is 10.4 Å². The van der Waals surface area contributed by atoms with Crippen molar-refractivity contribution in [2.75, 3.05) is 14.2 Å². The lowest BCUT2D eigenvalue weighted by Gasteiger charge is -1.92. The van der Waals surface area contributed by atoms with E-state index in [1.54, 1.807) is 20.3 Å². The molecule has 0 aromatic heterocycles. The van der Waals surface area contributed by atoms with Crippen molar-refractivity contribution < 1.29 is 13.9 Å². The molecule has 0 aliphatic heterocycles. The molecular formula is C9H10BrFO2. The first kappa shape index (κ1) is 12.3. The quantitative estimate of drug-likeness (QED) is 0.715. The predicted octanol–water partition coefficient (Wildman–Crippen LogP) is 2.66. The Balaban J connectivity index is 0.000000424. The van der Waals surface area contributed by atoms with Crippen molar-refractivity contribution in [1.29, 1.82) is 0 Å². The highest BCUT2D eigenvalue weighted by Gasteiger charge is 1.98. The number of aldehydes is 1. The number of ether oxygens (including phenoxy) is 1. The molecule has 0 aliphatic carbocycles. The molecule has 0 saturated heterocycles. The minimum Gasteiger partial charge on any atom is -0.388 e. The lowest BCUT2D eigenvalue weighted by atomic mass is 10.2. The zero-order valence-electron chi connectivity index (χ0n) is 7.38. The van der Waals surface area contributed by atoms with Gasteiger partial charge >= 0.3 is 0 Å². The highest BCUT2D eigenvalue weighted by atomic mass is 79.9. The molecule has 0 saturated carbocycles. The Morgan fingerprint density at radius 1 is 1.46 bits per heavy atom. The smallest absolute Gasteiger partial charge is 0.152 e. The van der Waals surface area contributed by atoms with Crippen LogP contribution in [0, 0.1) is 5.82 Å². The molecule has 72 valence electrons. The van der Waals surface area contributed by atoms with Crippen LogP contribution in [0.25, 0.3) is 0 Å². The van der Waals surface area contributed by atoms with E-state index in [0.29, 0.717) is 10.8 Å². The Hall–Kier alpha value is -0.740. The summed E-state index contributed by atoms with van der Waals surface area (Å²) in [5.41, 5.74) is 0.0863. The van der Waals surface area contributed by atoms with Crippen LogP contribution in [0.2, 0.25) is 0 Å². The van der Waals surface area contributed by atoms with E-state index in [2.05, 4.69) is 20.7 Å². The van der Waals surface area contributed by atoms with Gasteiger partial charge in [0.25, 0.3) is 0 Å². The SMILES string of the molecule is COC.O=Cc1ccc(Br)cc1F. The van der Waals surface area contributed by atoms with E-state index in [4.69, 9.17) is 0 Å². The summed E-state index contributed by atoms with van der Waals surface area (Å²) in [6.07, 6.45) is 0.488. The van der Waals surface area contributed by atoms with Crippen LogP contribution < -0.4 is 0 Å². The Morgan fingerprint density at radius 3 is 2.38 bits per heavy atom. The van der Waals surface area contributed by atoms with Crippen LogP contribution in [0.5, 0.6) is 0 Å². The molecule has 0 heterocycles. The number of carbonyl (C=O) groups excluding carboxylic acids is 1. The van der Waals surface area contributed by atoms with Gasteiger partial charge in [-0.1, -0.05) is 15.9 Å². The summed E-state index contributed by atoms with van der Waals surface area (Å²) in [6.45, 7) is 0. The van der Waals surface area contributed by atoms with Gasteiger partial charge in [0.1, 0.15) is 5.82 Å². The summed E-state index contributed by atoms with van der Waals surface area (Å²) in [5, 5.41) is 0. The van der Waals surface area contributed by atoms with Crippen molar-refractivity contribution in [3.05, 3.63) is 34.1 Å².